The van der Waals surface area contributed by atoms with Gasteiger partial charge in [-0.05, 0) is 12.8 Å². The van der Waals surface area contributed by atoms with Gasteiger partial charge in [-0.25, -0.2) is 4.79 Å². The summed E-state index contributed by atoms with van der Waals surface area (Å²) in [5.41, 5.74) is 0. The van der Waals surface area contributed by atoms with Crippen LogP contribution in [0.2, 0.25) is 0 Å². The quantitative estimate of drug-likeness (QED) is 0.440. The summed E-state index contributed by atoms with van der Waals surface area (Å²) in [7, 11) is 0. The molecular formula is C14H19NO4. The van der Waals surface area contributed by atoms with E-state index in [2.05, 4.69) is 6.58 Å². The first-order chi connectivity index (χ1) is 9.15. The number of carbonyl (C=O) groups excluding carboxylic acids is 3. The predicted molar refractivity (Wildman–Crippen MR) is 68.0 cm³/mol. The fourth-order valence-corrected chi connectivity index (χ4v) is 2.89. The SMILES string of the molecule is C=CC(=O)OCC(=O)N1C(=O)C2CCCCCCC21. The molecule has 2 aliphatic rings. The van der Waals surface area contributed by atoms with Crippen LogP contribution in [0.5, 0.6) is 0 Å². The molecule has 1 aliphatic carbocycles. The first-order valence-corrected chi connectivity index (χ1v) is 6.80. The van der Waals surface area contributed by atoms with Gasteiger partial charge in [-0.15, -0.1) is 0 Å². The van der Waals surface area contributed by atoms with Crippen molar-refractivity contribution in [2.24, 2.45) is 5.92 Å². The van der Waals surface area contributed by atoms with Crippen LogP contribution in [0.1, 0.15) is 38.5 Å². The number of esters is 1. The Morgan fingerprint density at radius 2 is 1.95 bits per heavy atom. The standard InChI is InChI=1S/C14H19NO4/c1-2-13(17)19-9-12(16)15-11-8-6-4-3-5-7-10(11)14(15)18/h2,10-11H,1,3-9H2. The Kier molecular flexibility index (Phi) is 4.35. The monoisotopic (exact) mass is 265 g/mol. The van der Waals surface area contributed by atoms with Crippen molar-refractivity contribution >= 4 is 17.8 Å². The number of fused-ring (bicyclic) bond motifs is 1. The molecule has 0 radical (unpaired) electrons. The molecule has 2 amide bonds. The Balaban J connectivity index is 1.92. The lowest BCUT2D eigenvalue weighted by Crippen LogP contribution is -2.64. The summed E-state index contributed by atoms with van der Waals surface area (Å²) in [6.45, 7) is 2.88. The third kappa shape index (κ3) is 2.85. The maximum absolute atomic E-state index is 12.0. The van der Waals surface area contributed by atoms with E-state index in [1.165, 1.54) is 11.3 Å². The number of ether oxygens (including phenoxy) is 1. The molecule has 19 heavy (non-hydrogen) atoms. The zero-order valence-electron chi connectivity index (χ0n) is 11.0. The number of imide groups is 1. The Morgan fingerprint density at radius 3 is 2.63 bits per heavy atom. The van der Waals surface area contributed by atoms with Crippen molar-refractivity contribution in [3.05, 3.63) is 12.7 Å². The minimum absolute atomic E-state index is 0.000596. The zero-order chi connectivity index (χ0) is 13.8. The molecule has 2 rings (SSSR count). The predicted octanol–water partition coefficient (Wildman–Crippen LogP) is 1.42. The Labute approximate surface area is 112 Å². The van der Waals surface area contributed by atoms with E-state index in [0.29, 0.717) is 0 Å². The van der Waals surface area contributed by atoms with Crippen LogP contribution in [0, 0.1) is 5.92 Å². The van der Waals surface area contributed by atoms with E-state index in [1.54, 1.807) is 0 Å². The molecule has 0 aromatic heterocycles. The highest BCUT2D eigenvalue weighted by atomic mass is 16.5. The second-order valence-corrected chi connectivity index (χ2v) is 5.08. The van der Waals surface area contributed by atoms with E-state index >= 15 is 0 Å². The van der Waals surface area contributed by atoms with E-state index < -0.39 is 11.9 Å². The summed E-state index contributed by atoms with van der Waals surface area (Å²) in [4.78, 5) is 36.1. The average molecular weight is 265 g/mol. The lowest BCUT2D eigenvalue weighted by Gasteiger charge is -2.46. The molecule has 2 fully saturated rings. The lowest BCUT2D eigenvalue weighted by atomic mass is 9.78. The molecule has 1 heterocycles. The van der Waals surface area contributed by atoms with Crippen molar-refractivity contribution in [3.8, 4) is 0 Å². The van der Waals surface area contributed by atoms with E-state index in [9.17, 15) is 14.4 Å². The topological polar surface area (TPSA) is 63.7 Å². The van der Waals surface area contributed by atoms with Crippen molar-refractivity contribution in [1.29, 1.82) is 0 Å². The Hall–Kier alpha value is -1.65. The number of likely N-dealkylation sites (tertiary alicyclic amines) is 1. The van der Waals surface area contributed by atoms with Crippen LogP contribution >= 0.6 is 0 Å². The van der Waals surface area contributed by atoms with Crippen LogP contribution in [-0.4, -0.2) is 35.3 Å². The van der Waals surface area contributed by atoms with Crippen molar-refractivity contribution in [2.75, 3.05) is 6.61 Å². The van der Waals surface area contributed by atoms with Gasteiger partial charge in [-0.2, -0.15) is 0 Å². The number of hydrogen-bond acceptors (Lipinski definition) is 4. The largest absolute Gasteiger partial charge is 0.452 e. The zero-order valence-corrected chi connectivity index (χ0v) is 11.0. The van der Waals surface area contributed by atoms with E-state index in [0.717, 1.165) is 38.2 Å². The van der Waals surface area contributed by atoms with Gasteiger partial charge in [0.1, 0.15) is 0 Å². The van der Waals surface area contributed by atoms with Gasteiger partial charge in [-0.1, -0.05) is 32.3 Å². The van der Waals surface area contributed by atoms with E-state index in [-0.39, 0.29) is 24.5 Å². The highest BCUT2D eigenvalue weighted by molar-refractivity contribution is 6.03. The smallest absolute Gasteiger partial charge is 0.330 e. The number of nitrogens with zero attached hydrogens (tertiary/aromatic N) is 1. The van der Waals surface area contributed by atoms with Gasteiger partial charge >= 0.3 is 5.97 Å². The molecule has 1 saturated heterocycles. The summed E-state index contributed by atoms with van der Waals surface area (Å²) in [6.07, 6.45) is 7.18. The summed E-state index contributed by atoms with van der Waals surface area (Å²) in [6, 6.07) is 0.0164. The van der Waals surface area contributed by atoms with E-state index in [4.69, 9.17) is 4.74 Å². The molecule has 0 N–H and O–H groups in total. The molecule has 2 unspecified atom stereocenters. The van der Waals surface area contributed by atoms with Gasteiger partial charge in [0.2, 0.25) is 5.91 Å². The average Bonchev–Trinajstić information content (AvgIpc) is 2.38. The molecule has 2 atom stereocenters. The van der Waals surface area contributed by atoms with E-state index in [1.807, 2.05) is 0 Å². The summed E-state index contributed by atoms with van der Waals surface area (Å²) in [5.74, 6) is -1.16. The fourth-order valence-electron chi connectivity index (χ4n) is 2.89. The summed E-state index contributed by atoms with van der Waals surface area (Å²) < 4.78 is 4.69. The van der Waals surface area contributed by atoms with Crippen LogP contribution < -0.4 is 0 Å². The number of rotatable bonds is 3. The Morgan fingerprint density at radius 1 is 1.26 bits per heavy atom. The van der Waals surface area contributed by atoms with Gasteiger partial charge in [0.25, 0.3) is 5.91 Å². The first-order valence-electron chi connectivity index (χ1n) is 6.80. The van der Waals surface area contributed by atoms with Crippen molar-refractivity contribution in [2.45, 2.75) is 44.6 Å². The molecule has 104 valence electrons. The van der Waals surface area contributed by atoms with Gasteiger partial charge in [-0.3, -0.25) is 14.5 Å². The first kappa shape index (κ1) is 13.8. The second kappa shape index (κ2) is 5.99. The van der Waals surface area contributed by atoms with Crippen LogP contribution in [0.4, 0.5) is 0 Å². The summed E-state index contributed by atoms with van der Waals surface area (Å²) in [5, 5.41) is 0. The minimum Gasteiger partial charge on any atom is -0.452 e. The number of amides is 2. The second-order valence-electron chi connectivity index (χ2n) is 5.08. The molecule has 5 heteroatoms. The fraction of sp³-hybridized carbons (Fsp3) is 0.643. The third-order valence-electron chi connectivity index (χ3n) is 3.89. The van der Waals surface area contributed by atoms with Crippen LogP contribution in [0.3, 0.4) is 0 Å². The number of hydrogen-bond donors (Lipinski definition) is 0. The van der Waals surface area contributed by atoms with Gasteiger partial charge in [0.05, 0.1) is 12.0 Å². The molecule has 5 nitrogen and oxygen atoms in total. The number of β-lactam (4-membered cyclic amide) rings is 1. The molecule has 0 spiro atoms. The summed E-state index contributed by atoms with van der Waals surface area (Å²) >= 11 is 0. The van der Waals surface area contributed by atoms with Crippen LogP contribution in [-0.2, 0) is 19.1 Å². The van der Waals surface area contributed by atoms with Crippen molar-refractivity contribution in [1.82, 2.24) is 4.90 Å². The van der Waals surface area contributed by atoms with Crippen molar-refractivity contribution < 1.29 is 19.1 Å². The highest BCUT2D eigenvalue weighted by Crippen LogP contribution is 2.36. The van der Waals surface area contributed by atoms with Crippen molar-refractivity contribution in [3.63, 3.8) is 0 Å². The van der Waals surface area contributed by atoms with Crippen LogP contribution in [0.15, 0.2) is 12.7 Å². The third-order valence-corrected chi connectivity index (χ3v) is 3.89. The Bertz CT molecular complexity index is 404. The normalized spacial score (nSPS) is 26.5. The van der Waals surface area contributed by atoms with Crippen LogP contribution in [0.25, 0.3) is 0 Å². The van der Waals surface area contributed by atoms with Gasteiger partial charge < -0.3 is 4.74 Å². The molecule has 1 aliphatic heterocycles. The molecule has 0 bridgehead atoms. The number of carbonyl (C=O) groups is 3. The lowest BCUT2D eigenvalue weighted by molar-refractivity contribution is -0.171. The molecule has 1 saturated carbocycles. The molecule has 0 aromatic rings. The maximum Gasteiger partial charge on any atom is 0.330 e. The maximum atomic E-state index is 12.0. The minimum atomic E-state index is -0.643. The highest BCUT2D eigenvalue weighted by Gasteiger charge is 2.49. The van der Waals surface area contributed by atoms with Gasteiger partial charge in [0.15, 0.2) is 6.61 Å². The molecular weight excluding hydrogens is 246 g/mol. The molecule has 0 aromatic carbocycles. The van der Waals surface area contributed by atoms with Gasteiger partial charge in [0, 0.05) is 6.08 Å².